The van der Waals surface area contributed by atoms with E-state index in [1.54, 1.807) is 0 Å². The number of carbonyl (C=O) groups excluding carboxylic acids is 1. The van der Waals surface area contributed by atoms with E-state index in [4.69, 9.17) is 10.8 Å². The summed E-state index contributed by atoms with van der Waals surface area (Å²) in [7, 11) is 0. The van der Waals surface area contributed by atoms with Crippen LogP contribution in [0.3, 0.4) is 0 Å². The molecule has 1 aliphatic rings. The normalized spacial score (nSPS) is 25.1. The predicted molar refractivity (Wildman–Crippen MR) is 56.9 cm³/mol. The number of hydrogen-bond acceptors (Lipinski definition) is 5. The van der Waals surface area contributed by atoms with Crippen molar-refractivity contribution in [2.45, 2.75) is 37.7 Å². The van der Waals surface area contributed by atoms with Crippen LogP contribution in [0.25, 0.3) is 0 Å². The number of aliphatic carboxylic acids is 1. The molecular weight excluding hydrogens is 269 g/mol. The molecule has 0 amide bonds. The van der Waals surface area contributed by atoms with E-state index < -0.39 is 30.4 Å². The molecule has 110 valence electrons. The van der Waals surface area contributed by atoms with Gasteiger partial charge in [0.1, 0.15) is 12.1 Å². The third-order valence-corrected chi connectivity index (χ3v) is 2.93. The number of esters is 1. The molecule has 0 aromatic heterocycles. The smallest absolute Gasteiger partial charge is 0.480 e. The zero-order chi connectivity index (χ0) is 14.6. The van der Waals surface area contributed by atoms with Crippen LogP contribution >= 0.6 is 0 Å². The summed E-state index contributed by atoms with van der Waals surface area (Å²) in [5, 5.41) is 11.5. The average Bonchev–Trinajstić information content (AvgIpc) is 2.72. The van der Waals surface area contributed by atoms with Gasteiger partial charge in [-0.2, -0.15) is 0 Å². The van der Waals surface area contributed by atoms with Gasteiger partial charge >= 0.3 is 18.3 Å². The van der Waals surface area contributed by atoms with E-state index in [-0.39, 0.29) is 12.3 Å². The van der Waals surface area contributed by atoms with Crippen molar-refractivity contribution in [1.82, 2.24) is 5.32 Å². The van der Waals surface area contributed by atoms with Crippen molar-refractivity contribution in [1.29, 1.82) is 0 Å². The topological polar surface area (TPSA) is 102 Å². The highest BCUT2D eigenvalue weighted by molar-refractivity contribution is 5.75. The summed E-state index contributed by atoms with van der Waals surface area (Å²) in [5.41, 5.74) is 5.29. The van der Waals surface area contributed by atoms with Gasteiger partial charge in [-0.05, 0) is 31.7 Å². The maximum Gasteiger partial charge on any atom is 0.575 e. The maximum atomic E-state index is 11.8. The Morgan fingerprint density at radius 2 is 2.11 bits per heavy atom. The van der Waals surface area contributed by atoms with Gasteiger partial charge in [-0.1, -0.05) is 0 Å². The van der Waals surface area contributed by atoms with E-state index in [0.29, 0.717) is 19.4 Å². The zero-order valence-electron chi connectivity index (χ0n) is 9.94. The van der Waals surface area contributed by atoms with E-state index in [0.717, 1.165) is 0 Å². The molecule has 1 fully saturated rings. The number of rotatable bonds is 5. The molecule has 0 radical (unpaired) electrons. The molecule has 1 rings (SSSR count). The fourth-order valence-electron chi connectivity index (χ4n) is 1.94. The highest BCUT2D eigenvalue weighted by Crippen LogP contribution is 2.21. The van der Waals surface area contributed by atoms with Crippen LogP contribution in [0.15, 0.2) is 0 Å². The first-order valence-corrected chi connectivity index (χ1v) is 5.70. The molecule has 0 aromatic carbocycles. The molecular formula is C10H15F3N2O4. The number of nitrogens with two attached hydrogens (primary N) is 1. The first-order valence-electron chi connectivity index (χ1n) is 5.70. The number of hydrogen-bond donors (Lipinski definition) is 3. The van der Waals surface area contributed by atoms with Gasteiger partial charge in [0.25, 0.3) is 0 Å². The Balaban J connectivity index is 2.29. The number of carboxylic acids is 1. The van der Waals surface area contributed by atoms with Gasteiger partial charge in [-0.3, -0.25) is 9.59 Å². The minimum atomic E-state index is -5.03. The Morgan fingerprint density at radius 3 is 2.58 bits per heavy atom. The third-order valence-electron chi connectivity index (χ3n) is 2.93. The summed E-state index contributed by atoms with van der Waals surface area (Å²) < 4.78 is 38.5. The monoisotopic (exact) mass is 284 g/mol. The van der Waals surface area contributed by atoms with E-state index in [1.807, 2.05) is 0 Å². The van der Waals surface area contributed by atoms with Gasteiger partial charge in [0.15, 0.2) is 0 Å². The molecule has 19 heavy (non-hydrogen) atoms. The highest BCUT2D eigenvalue weighted by Gasteiger charge is 2.36. The second kappa shape index (κ2) is 6.20. The molecule has 6 nitrogen and oxygen atoms in total. The largest absolute Gasteiger partial charge is 0.575 e. The molecule has 4 N–H and O–H groups in total. The first-order chi connectivity index (χ1) is 8.69. The third kappa shape index (κ3) is 5.43. The molecule has 3 atom stereocenters. The van der Waals surface area contributed by atoms with Crippen LogP contribution < -0.4 is 11.1 Å². The SMILES string of the molecule is NC(CCC1CNC(C(=O)O)C1)C(=O)OC(F)(F)F. The molecule has 1 saturated heterocycles. The molecule has 0 aliphatic carbocycles. The molecule has 0 aromatic rings. The Hall–Kier alpha value is -1.35. The Morgan fingerprint density at radius 1 is 1.47 bits per heavy atom. The lowest BCUT2D eigenvalue weighted by Crippen LogP contribution is -2.36. The Bertz CT molecular complexity index is 348. The van der Waals surface area contributed by atoms with Crippen LogP contribution in [0, 0.1) is 5.92 Å². The van der Waals surface area contributed by atoms with Crippen molar-refractivity contribution in [3.05, 3.63) is 0 Å². The summed E-state index contributed by atoms with van der Waals surface area (Å²) in [5.74, 6) is -2.51. The predicted octanol–water partition coefficient (Wildman–Crippen LogP) is 0.220. The van der Waals surface area contributed by atoms with Crippen molar-refractivity contribution in [3.63, 3.8) is 0 Å². The van der Waals surface area contributed by atoms with Crippen LogP contribution in [-0.2, 0) is 14.3 Å². The number of nitrogens with one attached hydrogen (secondary N) is 1. The minimum Gasteiger partial charge on any atom is -0.480 e. The van der Waals surface area contributed by atoms with E-state index >= 15 is 0 Å². The Kier molecular flexibility index (Phi) is 5.12. The van der Waals surface area contributed by atoms with Crippen LogP contribution in [0.5, 0.6) is 0 Å². The Labute approximate surface area is 107 Å². The van der Waals surface area contributed by atoms with E-state index in [1.165, 1.54) is 0 Å². The average molecular weight is 284 g/mol. The zero-order valence-corrected chi connectivity index (χ0v) is 9.94. The van der Waals surface area contributed by atoms with Crippen molar-refractivity contribution in [2.24, 2.45) is 11.7 Å². The first kappa shape index (κ1) is 15.7. The second-order valence-electron chi connectivity index (χ2n) is 4.45. The van der Waals surface area contributed by atoms with E-state index in [9.17, 15) is 22.8 Å². The van der Waals surface area contributed by atoms with Crippen molar-refractivity contribution < 1.29 is 32.6 Å². The number of alkyl halides is 3. The molecule has 9 heteroatoms. The summed E-state index contributed by atoms with van der Waals surface area (Å²) in [6.07, 6.45) is -4.27. The minimum absolute atomic E-state index is 0.0214. The summed E-state index contributed by atoms with van der Waals surface area (Å²) >= 11 is 0. The lowest BCUT2D eigenvalue weighted by molar-refractivity contribution is -0.306. The van der Waals surface area contributed by atoms with Crippen LogP contribution in [-0.4, -0.2) is 42.0 Å². The van der Waals surface area contributed by atoms with Crippen molar-refractivity contribution in [3.8, 4) is 0 Å². The van der Waals surface area contributed by atoms with Gasteiger partial charge in [0.05, 0.1) is 0 Å². The fourth-order valence-corrected chi connectivity index (χ4v) is 1.94. The second-order valence-corrected chi connectivity index (χ2v) is 4.45. The van der Waals surface area contributed by atoms with Crippen molar-refractivity contribution in [2.75, 3.05) is 6.54 Å². The summed E-state index contributed by atoms with van der Waals surface area (Å²) in [6.45, 7) is 0.442. The van der Waals surface area contributed by atoms with Gasteiger partial charge in [-0.15, -0.1) is 13.2 Å². The van der Waals surface area contributed by atoms with Crippen LogP contribution in [0.4, 0.5) is 13.2 Å². The lowest BCUT2D eigenvalue weighted by Gasteiger charge is -2.14. The molecule has 1 heterocycles. The van der Waals surface area contributed by atoms with Crippen molar-refractivity contribution >= 4 is 11.9 Å². The van der Waals surface area contributed by atoms with E-state index in [2.05, 4.69) is 10.1 Å². The number of carbonyl (C=O) groups is 2. The summed E-state index contributed by atoms with van der Waals surface area (Å²) in [6, 6.07) is -2.01. The molecule has 3 unspecified atom stereocenters. The maximum absolute atomic E-state index is 11.8. The molecule has 0 saturated carbocycles. The van der Waals surface area contributed by atoms with Gasteiger partial charge < -0.3 is 20.9 Å². The fraction of sp³-hybridized carbons (Fsp3) is 0.800. The number of halogens is 3. The highest BCUT2D eigenvalue weighted by atomic mass is 19.4. The van der Waals surface area contributed by atoms with Crippen LogP contribution in [0.2, 0.25) is 0 Å². The standard InChI is InChI=1S/C10H15F3N2O4/c11-10(12,13)19-9(18)6(14)2-1-5-3-7(8(16)17)15-4-5/h5-7,15H,1-4,14H2,(H,16,17). The molecule has 0 bridgehead atoms. The number of carboxylic acid groups (broad SMARTS) is 1. The molecule has 1 aliphatic heterocycles. The van der Waals surface area contributed by atoms with Gasteiger partial charge in [-0.25, -0.2) is 0 Å². The van der Waals surface area contributed by atoms with Gasteiger partial charge in [0.2, 0.25) is 0 Å². The number of ether oxygens (including phenoxy) is 1. The van der Waals surface area contributed by atoms with Crippen LogP contribution in [0.1, 0.15) is 19.3 Å². The van der Waals surface area contributed by atoms with Gasteiger partial charge in [0, 0.05) is 0 Å². The quantitative estimate of drug-likeness (QED) is 0.624. The summed E-state index contributed by atoms with van der Waals surface area (Å²) in [4.78, 5) is 21.6. The molecule has 0 spiro atoms. The lowest BCUT2D eigenvalue weighted by atomic mass is 9.97.